The van der Waals surface area contributed by atoms with E-state index in [2.05, 4.69) is 4.98 Å². The highest BCUT2D eigenvalue weighted by Crippen LogP contribution is 2.06. The Morgan fingerprint density at radius 2 is 2.26 bits per heavy atom. The second kappa shape index (κ2) is 5.75. The lowest BCUT2D eigenvalue weighted by Gasteiger charge is -2.15. The molecule has 0 atom stereocenters. The Labute approximate surface area is 111 Å². The molecule has 2 aromatic rings. The Bertz CT molecular complexity index is 580. The van der Waals surface area contributed by atoms with Gasteiger partial charge in [-0.2, -0.15) is 0 Å². The van der Waals surface area contributed by atoms with Crippen molar-refractivity contribution in [2.45, 2.75) is 6.54 Å². The monoisotopic (exact) mass is 261 g/mol. The van der Waals surface area contributed by atoms with Gasteiger partial charge in [-0.25, -0.2) is 9.37 Å². The summed E-state index contributed by atoms with van der Waals surface area (Å²) in [6.45, 7) is 0.806. The molecule has 0 aliphatic rings. The molecule has 0 unspecified atom stereocenters. The maximum Gasteiger partial charge on any atom is 0.176 e. The van der Waals surface area contributed by atoms with Crippen molar-refractivity contribution >= 4 is 5.78 Å². The molecule has 0 saturated heterocycles. The summed E-state index contributed by atoms with van der Waals surface area (Å²) < 4.78 is 14.9. The van der Waals surface area contributed by atoms with E-state index < -0.39 is 5.82 Å². The largest absolute Gasteiger partial charge is 0.337 e. The molecule has 0 aliphatic heterocycles. The highest BCUT2D eigenvalue weighted by atomic mass is 19.1. The van der Waals surface area contributed by atoms with Gasteiger partial charge in [-0.3, -0.25) is 9.69 Å². The average Bonchev–Trinajstić information content (AvgIpc) is 2.75. The van der Waals surface area contributed by atoms with Crippen LogP contribution in [0.4, 0.5) is 4.39 Å². The Kier molecular flexibility index (Phi) is 4.06. The van der Waals surface area contributed by atoms with Crippen LogP contribution in [-0.2, 0) is 13.6 Å². The number of ketones is 1. The Morgan fingerprint density at radius 3 is 2.89 bits per heavy atom. The highest BCUT2D eigenvalue weighted by molar-refractivity contribution is 5.97. The molecule has 1 heterocycles. The van der Waals surface area contributed by atoms with E-state index in [9.17, 15) is 9.18 Å². The van der Waals surface area contributed by atoms with Gasteiger partial charge in [0.25, 0.3) is 0 Å². The number of aromatic nitrogens is 2. The average molecular weight is 261 g/mol. The highest BCUT2D eigenvalue weighted by Gasteiger charge is 2.11. The Balaban J connectivity index is 1.97. The fourth-order valence-electron chi connectivity index (χ4n) is 1.84. The second-order valence-corrected chi connectivity index (χ2v) is 4.56. The lowest BCUT2D eigenvalue weighted by Crippen LogP contribution is -2.26. The number of hydrogen-bond donors (Lipinski definition) is 0. The summed E-state index contributed by atoms with van der Waals surface area (Å²) in [4.78, 5) is 18.0. The van der Waals surface area contributed by atoms with Gasteiger partial charge in [0.05, 0.1) is 13.1 Å². The predicted octanol–water partition coefficient (Wildman–Crippen LogP) is 1.87. The molecular weight excluding hydrogens is 245 g/mol. The summed E-state index contributed by atoms with van der Waals surface area (Å²) in [7, 11) is 3.75. The van der Waals surface area contributed by atoms with Crippen LogP contribution in [0.2, 0.25) is 0 Å². The van der Waals surface area contributed by atoms with Crippen LogP contribution in [0.3, 0.4) is 0 Å². The van der Waals surface area contributed by atoms with Gasteiger partial charge >= 0.3 is 0 Å². The van der Waals surface area contributed by atoms with Gasteiger partial charge in [-0.05, 0) is 19.2 Å². The fourth-order valence-corrected chi connectivity index (χ4v) is 1.84. The summed E-state index contributed by atoms with van der Waals surface area (Å²) in [6, 6.07) is 5.76. The molecule has 0 amide bonds. The zero-order chi connectivity index (χ0) is 13.8. The quantitative estimate of drug-likeness (QED) is 0.771. The van der Waals surface area contributed by atoms with E-state index in [0.29, 0.717) is 12.1 Å². The molecule has 0 saturated carbocycles. The van der Waals surface area contributed by atoms with Crippen LogP contribution in [0.5, 0.6) is 0 Å². The van der Waals surface area contributed by atoms with Crippen molar-refractivity contribution in [3.63, 3.8) is 0 Å². The topological polar surface area (TPSA) is 38.1 Å². The van der Waals surface area contributed by atoms with E-state index >= 15 is 0 Å². The Morgan fingerprint density at radius 1 is 1.47 bits per heavy atom. The number of likely N-dealkylation sites (N-methyl/N-ethyl adjacent to an activating group) is 1. The van der Waals surface area contributed by atoms with Gasteiger partial charge in [0.15, 0.2) is 5.78 Å². The van der Waals surface area contributed by atoms with Crippen LogP contribution in [0.1, 0.15) is 16.2 Å². The van der Waals surface area contributed by atoms with Crippen molar-refractivity contribution in [2.24, 2.45) is 7.05 Å². The minimum absolute atomic E-state index is 0.101. The molecule has 19 heavy (non-hydrogen) atoms. The first-order chi connectivity index (χ1) is 9.06. The lowest BCUT2D eigenvalue weighted by molar-refractivity contribution is 0.0941. The van der Waals surface area contributed by atoms with Crippen molar-refractivity contribution in [1.82, 2.24) is 14.5 Å². The first-order valence-corrected chi connectivity index (χ1v) is 6.00. The molecule has 0 N–H and O–H groups in total. The van der Waals surface area contributed by atoms with Gasteiger partial charge in [0, 0.05) is 25.0 Å². The third-order valence-corrected chi connectivity index (χ3v) is 2.89. The van der Waals surface area contributed by atoms with Crippen LogP contribution < -0.4 is 0 Å². The molecule has 0 radical (unpaired) electrons. The molecular formula is C14H16FN3O. The number of aryl methyl sites for hydroxylation is 1. The minimum atomic E-state index is -0.391. The summed E-state index contributed by atoms with van der Waals surface area (Å²) >= 11 is 0. The van der Waals surface area contributed by atoms with Crippen molar-refractivity contribution in [3.05, 3.63) is 53.9 Å². The molecule has 5 heteroatoms. The van der Waals surface area contributed by atoms with Crippen LogP contribution in [0, 0.1) is 5.82 Å². The fraction of sp³-hybridized carbons (Fsp3) is 0.286. The molecule has 0 spiro atoms. The molecule has 0 aliphatic carbocycles. The second-order valence-electron chi connectivity index (χ2n) is 4.56. The maximum absolute atomic E-state index is 13.0. The van der Waals surface area contributed by atoms with Crippen molar-refractivity contribution < 1.29 is 9.18 Å². The van der Waals surface area contributed by atoms with E-state index in [1.54, 1.807) is 18.3 Å². The summed E-state index contributed by atoms with van der Waals surface area (Å²) in [5, 5.41) is 0. The number of carbonyl (C=O) groups excluding carboxylic acids is 1. The van der Waals surface area contributed by atoms with Crippen molar-refractivity contribution in [2.75, 3.05) is 13.6 Å². The van der Waals surface area contributed by atoms with E-state index in [1.807, 2.05) is 29.8 Å². The van der Waals surface area contributed by atoms with Gasteiger partial charge in [-0.15, -0.1) is 0 Å². The number of carbonyl (C=O) groups is 1. The zero-order valence-electron chi connectivity index (χ0n) is 11.0. The molecule has 2 rings (SSSR count). The lowest BCUT2D eigenvalue weighted by atomic mass is 10.1. The van der Waals surface area contributed by atoms with Crippen LogP contribution in [-0.4, -0.2) is 33.8 Å². The standard InChI is InChI=1S/C14H16FN3O/c1-17(10-14-16-6-7-18(14)2)9-13(19)11-4-3-5-12(15)8-11/h3-8H,9-10H2,1-2H3. The van der Waals surface area contributed by atoms with E-state index in [0.717, 1.165) is 5.82 Å². The minimum Gasteiger partial charge on any atom is -0.337 e. The maximum atomic E-state index is 13.0. The number of halogens is 1. The summed E-state index contributed by atoms with van der Waals surface area (Å²) in [6.07, 6.45) is 3.58. The number of Topliss-reactive ketones (excluding diaryl/α,β-unsaturated/α-hetero) is 1. The molecule has 1 aromatic carbocycles. The number of benzene rings is 1. The Hall–Kier alpha value is -2.01. The van der Waals surface area contributed by atoms with Crippen LogP contribution >= 0.6 is 0 Å². The number of rotatable bonds is 5. The van der Waals surface area contributed by atoms with Crippen LogP contribution in [0.15, 0.2) is 36.7 Å². The smallest absolute Gasteiger partial charge is 0.176 e. The van der Waals surface area contributed by atoms with E-state index in [1.165, 1.54) is 12.1 Å². The molecule has 0 bridgehead atoms. The summed E-state index contributed by atoms with van der Waals surface area (Å²) in [5.41, 5.74) is 0.395. The molecule has 0 fully saturated rings. The SMILES string of the molecule is CN(CC(=O)c1cccc(F)c1)Cc1nccn1C. The molecule has 4 nitrogen and oxygen atoms in total. The number of hydrogen-bond acceptors (Lipinski definition) is 3. The molecule has 1 aromatic heterocycles. The zero-order valence-corrected chi connectivity index (χ0v) is 11.0. The van der Waals surface area contributed by atoms with Crippen LogP contribution in [0.25, 0.3) is 0 Å². The normalized spacial score (nSPS) is 10.9. The number of imidazole rings is 1. The third-order valence-electron chi connectivity index (χ3n) is 2.89. The van der Waals surface area contributed by atoms with Gasteiger partial charge in [0.2, 0.25) is 0 Å². The first-order valence-electron chi connectivity index (χ1n) is 6.00. The van der Waals surface area contributed by atoms with E-state index in [-0.39, 0.29) is 12.3 Å². The third kappa shape index (κ3) is 3.48. The first kappa shape index (κ1) is 13.4. The van der Waals surface area contributed by atoms with E-state index in [4.69, 9.17) is 0 Å². The molecule has 100 valence electrons. The van der Waals surface area contributed by atoms with Gasteiger partial charge < -0.3 is 4.57 Å². The van der Waals surface area contributed by atoms with Gasteiger partial charge in [-0.1, -0.05) is 12.1 Å². The van der Waals surface area contributed by atoms with Gasteiger partial charge in [0.1, 0.15) is 11.6 Å². The van der Waals surface area contributed by atoms with Crippen molar-refractivity contribution in [3.8, 4) is 0 Å². The summed E-state index contributed by atoms with van der Waals surface area (Å²) in [5.74, 6) is 0.392. The number of nitrogens with zero attached hydrogens (tertiary/aromatic N) is 3. The predicted molar refractivity (Wildman–Crippen MR) is 70.3 cm³/mol. The van der Waals surface area contributed by atoms with Crippen molar-refractivity contribution in [1.29, 1.82) is 0 Å².